The zero-order valence-electron chi connectivity index (χ0n) is 14.8. The van der Waals surface area contributed by atoms with Gasteiger partial charge in [0.15, 0.2) is 0 Å². The summed E-state index contributed by atoms with van der Waals surface area (Å²) in [5.41, 5.74) is 0.727. The van der Waals surface area contributed by atoms with Crippen LogP contribution in [0.25, 0.3) is 0 Å². The van der Waals surface area contributed by atoms with E-state index in [1.165, 1.54) is 0 Å². The fourth-order valence-electron chi connectivity index (χ4n) is 2.54. The van der Waals surface area contributed by atoms with Crippen LogP contribution in [-0.4, -0.2) is 13.2 Å². The third-order valence-corrected chi connectivity index (χ3v) is 2.71. The molecule has 0 amide bonds. The lowest BCUT2D eigenvalue weighted by molar-refractivity contribution is -0.307. The molecule has 0 heterocycles. The molecular formula is C16H35O2+. The molecule has 2 unspecified atom stereocenters. The summed E-state index contributed by atoms with van der Waals surface area (Å²) in [7, 11) is 0. The van der Waals surface area contributed by atoms with E-state index < -0.39 is 0 Å². The van der Waals surface area contributed by atoms with E-state index in [2.05, 4.69) is 55.4 Å². The summed E-state index contributed by atoms with van der Waals surface area (Å²) in [5, 5.41) is 0. The molecule has 0 N–H and O–H groups in total. The molecule has 0 aliphatic heterocycles. The molecule has 0 aliphatic rings. The van der Waals surface area contributed by atoms with Crippen LogP contribution in [-0.2, 0) is 9.78 Å². The highest BCUT2D eigenvalue weighted by Gasteiger charge is 2.17. The average molecular weight is 259 g/mol. The topological polar surface area (TPSA) is 18.5 Å². The molecule has 0 radical (unpaired) electrons. The largest absolute Gasteiger partial charge is 1.00 e. The summed E-state index contributed by atoms with van der Waals surface area (Å²) in [6.45, 7) is 19.4. The van der Waals surface area contributed by atoms with Crippen LogP contribution in [0.5, 0.6) is 0 Å². The molecule has 0 aromatic carbocycles. The second-order valence-corrected chi connectivity index (χ2v) is 8.31. The molecule has 0 spiro atoms. The maximum atomic E-state index is 5.33. The predicted molar refractivity (Wildman–Crippen MR) is 79.5 cm³/mol. The van der Waals surface area contributed by atoms with Crippen molar-refractivity contribution in [3.8, 4) is 0 Å². The quantitative estimate of drug-likeness (QED) is 0.356. The van der Waals surface area contributed by atoms with Crippen LogP contribution >= 0.6 is 0 Å². The minimum Gasteiger partial charge on any atom is -0.236 e. The predicted octanol–water partition coefficient (Wildman–Crippen LogP) is 5.19. The smallest absolute Gasteiger partial charge is 0.236 e. The molecule has 2 heteroatoms. The lowest BCUT2D eigenvalue weighted by Gasteiger charge is -2.24. The SMILES string of the molecule is CC(COOCC(C)CC(C)(C)C)CC(C)(C)C.[H+]. The van der Waals surface area contributed by atoms with Gasteiger partial charge in [-0.05, 0) is 35.5 Å². The van der Waals surface area contributed by atoms with Crippen LogP contribution in [0.4, 0.5) is 0 Å². The van der Waals surface area contributed by atoms with Gasteiger partial charge < -0.3 is 0 Å². The highest BCUT2D eigenvalue weighted by Crippen LogP contribution is 2.25. The van der Waals surface area contributed by atoms with E-state index in [4.69, 9.17) is 9.78 Å². The van der Waals surface area contributed by atoms with Gasteiger partial charge in [-0.25, -0.2) is 9.78 Å². The van der Waals surface area contributed by atoms with E-state index in [9.17, 15) is 0 Å². The van der Waals surface area contributed by atoms with Crippen LogP contribution in [0.3, 0.4) is 0 Å². The molecule has 0 aliphatic carbocycles. The molecule has 0 aromatic heterocycles. The average Bonchev–Trinajstić information content (AvgIpc) is 2.06. The van der Waals surface area contributed by atoms with E-state index in [1.807, 2.05) is 0 Å². The Morgan fingerprint density at radius 3 is 1.22 bits per heavy atom. The van der Waals surface area contributed by atoms with E-state index in [1.54, 1.807) is 0 Å². The molecule has 0 fully saturated rings. The Balaban J connectivity index is 0. The van der Waals surface area contributed by atoms with Crippen molar-refractivity contribution in [3.63, 3.8) is 0 Å². The number of hydrogen-bond donors (Lipinski definition) is 0. The van der Waals surface area contributed by atoms with Gasteiger partial charge in [-0.1, -0.05) is 55.4 Å². The summed E-state index contributed by atoms with van der Waals surface area (Å²) in [5.74, 6) is 1.09. The van der Waals surface area contributed by atoms with Gasteiger partial charge in [-0.3, -0.25) is 0 Å². The molecule has 0 saturated heterocycles. The van der Waals surface area contributed by atoms with Gasteiger partial charge in [-0.15, -0.1) is 0 Å². The molecule has 2 nitrogen and oxygen atoms in total. The maximum Gasteiger partial charge on any atom is 1.00 e. The molecule has 18 heavy (non-hydrogen) atoms. The van der Waals surface area contributed by atoms with Crippen molar-refractivity contribution in [1.29, 1.82) is 0 Å². The third-order valence-electron chi connectivity index (χ3n) is 2.71. The van der Waals surface area contributed by atoms with Crippen molar-refractivity contribution in [2.75, 3.05) is 13.2 Å². The zero-order valence-corrected chi connectivity index (χ0v) is 13.8. The van der Waals surface area contributed by atoms with Crippen molar-refractivity contribution in [2.45, 2.75) is 68.2 Å². The summed E-state index contributed by atoms with van der Waals surface area (Å²) in [6, 6.07) is 0. The van der Waals surface area contributed by atoms with Crippen LogP contribution < -0.4 is 0 Å². The first kappa shape index (κ1) is 17.9. The lowest BCUT2D eigenvalue weighted by Crippen LogP contribution is -2.18. The molecule has 2 atom stereocenters. The van der Waals surface area contributed by atoms with Crippen LogP contribution in [0.1, 0.15) is 69.7 Å². The number of rotatable bonds is 7. The molecule has 110 valence electrons. The van der Waals surface area contributed by atoms with Gasteiger partial charge in [0.2, 0.25) is 0 Å². The van der Waals surface area contributed by atoms with Crippen molar-refractivity contribution < 1.29 is 11.2 Å². The Labute approximate surface area is 116 Å². The monoisotopic (exact) mass is 259 g/mol. The fraction of sp³-hybridized carbons (Fsp3) is 1.00. The van der Waals surface area contributed by atoms with Crippen molar-refractivity contribution in [1.82, 2.24) is 0 Å². The summed E-state index contributed by atoms with van der Waals surface area (Å²) < 4.78 is 0. The Morgan fingerprint density at radius 1 is 0.722 bits per heavy atom. The maximum absolute atomic E-state index is 5.33. The minimum absolute atomic E-state index is 0. The molecule has 0 rings (SSSR count). The van der Waals surface area contributed by atoms with Crippen molar-refractivity contribution in [2.24, 2.45) is 22.7 Å². The minimum atomic E-state index is 0. The van der Waals surface area contributed by atoms with Gasteiger partial charge in [-0.2, -0.15) is 0 Å². The highest BCUT2D eigenvalue weighted by atomic mass is 17.2. The van der Waals surface area contributed by atoms with Crippen LogP contribution in [0, 0.1) is 22.7 Å². The summed E-state index contributed by atoms with van der Waals surface area (Å²) in [6.07, 6.45) is 2.32. The Hall–Kier alpha value is -0.0800. The zero-order chi connectivity index (χ0) is 14.4. The van der Waals surface area contributed by atoms with E-state index in [-0.39, 0.29) is 1.43 Å². The van der Waals surface area contributed by atoms with E-state index in [0.717, 1.165) is 12.8 Å². The second-order valence-electron chi connectivity index (χ2n) is 8.31. The number of hydrogen-bond acceptors (Lipinski definition) is 2. The van der Waals surface area contributed by atoms with E-state index in [0.29, 0.717) is 35.9 Å². The first-order valence-corrected chi connectivity index (χ1v) is 7.24. The lowest BCUT2D eigenvalue weighted by atomic mass is 9.86. The Morgan fingerprint density at radius 2 is 1.00 bits per heavy atom. The summed E-state index contributed by atoms with van der Waals surface area (Å²) in [4.78, 5) is 10.7. The summed E-state index contributed by atoms with van der Waals surface area (Å²) >= 11 is 0. The molecule has 0 aromatic rings. The highest BCUT2D eigenvalue weighted by molar-refractivity contribution is 4.66. The first-order chi connectivity index (χ1) is 7.99. The van der Waals surface area contributed by atoms with Gasteiger partial charge in [0.25, 0.3) is 0 Å². The second kappa shape index (κ2) is 7.49. The van der Waals surface area contributed by atoms with Gasteiger partial charge in [0.05, 0.1) is 13.2 Å². The fourth-order valence-corrected chi connectivity index (χ4v) is 2.54. The first-order valence-electron chi connectivity index (χ1n) is 7.24. The van der Waals surface area contributed by atoms with Crippen LogP contribution in [0.15, 0.2) is 0 Å². The molecular weight excluding hydrogens is 224 g/mol. The van der Waals surface area contributed by atoms with Gasteiger partial charge in [0.1, 0.15) is 0 Å². The van der Waals surface area contributed by atoms with Crippen molar-refractivity contribution >= 4 is 0 Å². The standard InChI is InChI=1S/C16H34O2/c1-13(9-15(3,4)5)11-17-18-12-14(2)10-16(6,7)8/h13-14H,9-12H2,1-8H3/p+1. The third kappa shape index (κ3) is 12.4. The van der Waals surface area contributed by atoms with Crippen LogP contribution in [0.2, 0.25) is 0 Å². The Bertz CT molecular complexity index is 192. The van der Waals surface area contributed by atoms with Gasteiger partial charge in [0, 0.05) is 0 Å². The van der Waals surface area contributed by atoms with E-state index >= 15 is 0 Å². The molecule has 0 saturated carbocycles. The molecule has 0 bridgehead atoms. The normalized spacial score (nSPS) is 16.7. The van der Waals surface area contributed by atoms with Gasteiger partial charge >= 0.3 is 1.43 Å². The van der Waals surface area contributed by atoms with Crippen molar-refractivity contribution in [3.05, 3.63) is 0 Å². The Kier molecular flexibility index (Phi) is 7.46.